The minimum atomic E-state index is 1.00. The van der Waals surface area contributed by atoms with Crippen LogP contribution >= 0.6 is 0 Å². The molecule has 1 rings (SSSR count). The maximum absolute atomic E-state index is 3.63. The van der Waals surface area contributed by atoms with Gasteiger partial charge in [-0.05, 0) is 11.1 Å². The molecular formula is C16H18. The van der Waals surface area contributed by atoms with Crippen molar-refractivity contribution in [2.24, 2.45) is 0 Å². The summed E-state index contributed by atoms with van der Waals surface area (Å²) in [5.74, 6) is 0. The van der Waals surface area contributed by atoms with E-state index in [2.05, 4.69) is 26.3 Å². The third-order valence-electron chi connectivity index (χ3n) is 1.82. The van der Waals surface area contributed by atoms with Crippen molar-refractivity contribution >= 4 is 6.08 Å². The molecule has 0 spiro atoms. The molecule has 0 unspecified atom stereocenters. The van der Waals surface area contributed by atoms with E-state index in [4.69, 9.17) is 0 Å². The predicted octanol–water partition coefficient (Wildman–Crippen LogP) is 4.80. The Labute approximate surface area is 98.6 Å². The summed E-state index contributed by atoms with van der Waals surface area (Å²) < 4.78 is 0. The van der Waals surface area contributed by atoms with E-state index in [1.807, 2.05) is 42.5 Å². The molecule has 1 aromatic carbocycles. The molecule has 0 aliphatic carbocycles. The number of rotatable bonds is 4. The Morgan fingerprint density at radius 3 is 1.69 bits per heavy atom. The molecule has 0 radical (unpaired) electrons. The largest absolute Gasteiger partial charge is 0.0990 e. The van der Waals surface area contributed by atoms with Crippen LogP contribution in [0.4, 0.5) is 0 Å². The Hall–Kier alpha value is -2.08. The first kappa shape index (κ1) is 13.9. The first-order valence-corrected chi connectivity index (χ1v) is 5.03. The van der Waals surface area contributed by atoms with Crippen molar-refractivity contribution in [3.63, 3.8) is 0 Å². The van der Waals surface area contributed by atoms with Gasteiger partial charge in [-0.1, -0.05) is 87.0 Å². The summed E-state index contributed by atoms with van der Waals surface area (Å²) in [4.78, 5) is 0. The summed E-state index contributed by atoms with van der Waals surface area (Å²) in [5, 5.41) is 0. The minimum Gasteiger partial charge on any atom is -0.0990 e. The van der Waals surface area contributed by atoms with Crippen LogP contribution in [0.5, 0.6) is 0 Å². The quantitative estimate of drug-likeness (QED) is 0.626. The van der Waals surface area contributed by atoms with Gasteiger partial charge in [-0.25, -0.2) is 0 Å². The van der Waals surface area contributed by atoms with Crippen LogP contribution in [0.1, 0.15) is 5.56 Å². The van der Waals surface area contributed by atoms with Gasteiger partial charge in [0.15, 0.2) is 0 Å². The fourth-order valence-corrected chi connectivity index (χ4v) is 0.945. The molecule has 1 aromatic rings. The molecule has 0 bridgehead atoms. The lowest BCUT2D eigenvalue weighted by molar-refractivity contribution is 1.67. The third kappa shape index (κ3) is 6.39. The SMILES string of the molecule is C=CC=C(C=C)C=C.C=Cc1ccccc1. The Morgan fingerprint density at radius 1 is 0.875 bits per heavy atom. The topological polar surface area (TPSA) is 0 Å². The van der Waals surface area contributed by atoms with Gasteiger partial charge in [-0.15, -0.1) is 0 Å². The number of benzene rings is 1. The van der Waals surface area contributed by atoms with Crippen molar-refractivity contribution in [2.45, 2.75) is 0 Å². The number of hydrogen-bond acceptors (Lipinski definition) is 0. The summed E-state index contributed by atoms with van der Waals surface area (Å²) in [6, 6.07) is 10.0. The van der Waals surface area contributed by atoms with Crippen molar-refractivity contribution in [2.75, 3.05) is 0 Å². The molecule has 16 heavy (non-hydrogen) atoms. The summed E-state index contributed by atoms with van der Waals surface area (Å²) >= 11 is 0. The van der Waals surface area contributed by atoms with Crippen molar-refractivity contribution in [1.29, 1.82) is 0 Å². The van der Waals surface area contributed by atoms with Crippen molar-refractivity contribution in [1.82, 2.24) is 0 Å². The summed E-state index contributed by atoms with van der Waals surface area (Å²) in [5.41, 5.74) is 2.17. The van der Waals surface area contributed by atoms with E-state index in [1.54, 1.807) is 18.2 Å². The number of hydrogen-bond donors (Lipinski definition) is 0. The van der Waals surface area contributed by atoms with Crippen LogP contribution in [-0.2, 0) is 0 Å². The average Bonchev–Trinajstić information content (AvgIpc) is 2.37. The molecule has 0 aromatic heterocycles. The molecule has 0 aliphatic rings. The first-order valence-electron chi connectivity index (χ1n) is 5.03. The molecule has 0 heteroatoms. The van der Waals surface area contributed by atoms with E-state index in [0.717, 1.165) is 5.57 Å². The smallest absolute Gasteiger partial charge is 0.0263 e. The van der Waals surface area contributed by atoms with Gasteiger partial charge >= 0.3 is 0 Å². The number of allylic oxidation sites excluding steroid dienone is 5. The van der Waals surface area contributed by atoms with Gasteiger partial charge in [0.25, 0.3) is 0 Å². The van der Waals surface area contributed by atoms with E-state index in [0.29, 0.717) is 0 Å². The van der Waals surface area contributed by atoms with Crippen LogP contribution in [0.15, 0.2) is 86.5 Å². The second-order valence-electron chi connectivity index (χ2n) is 2.93. The van der Waals surface area contributed by atoms with Crippen LogP contribution in [0.3, 0.4) is 0 Å². The normalized spacial score (nSPS) is 7.75. The lowest BCUT2D eigenvalue weighted by Gasteiger charge is -1.85. The second-order valence-corrected chi connectivity index (χ2v) is 2.93. The van der Waals surface area contributed by atoms with Gasteiger partial charge in [0.1, 0.15) is 0 Å². The zero-order valence-electron chi connectivity index (χ0n) is 9.60. The van der Waals surface area contributed by atoms with Gasteiger partial charge in [-0.2, -0.15) is 0 Å². The monoisotopic (exact) mass is 210 g/mol. The molecule has 0 aliphatic heterocycles. The lowest BCUT2D eigenvalue weighted by Crippen LogP contribution is -1.63. The Kier molecular flexibility index (Phi) is 8.24. The van der Waals surface area contributed by atoms with Gasteiger partial charge in [0.05, 0.1) is 0 Å². The van der Waals surface area contributed by atoms with E-state index in [9.17, 15) is 0 Å². The van der Waals surface area contributed by atoms with Crippen molar-refractivity contribution in [3.8, 4) is 0 Å². The molecule has 0 fully saturated rings. The zero-order valence-corrected chi connectivity index (χ0v) is 9.60. The average molecular weight is 210 g/mol. The molecule has 0 saturated heterocycles. The van der Waals surface area contributed by atoms with Crippen LogP contribution in [0.2, 0.25) is 0 Å². The van der Waals surface area contributed by atoms with Crippen LogP contribution in [-0.4, -0.2) is 0 Å². The highest BCUT2D eigenvalue weighted by Crippen LogP contribution is 1.97. The predicted molar refractivity (Wildman–Crippen MR) is 75.2 cm³/mol. The van der Waals surface area contributed by atoms with E-state index in [-0.39, 0.29) is 0 Å². The van der Waals surface area contributed by atoms with Crippen molar-refractivity contribution < 1.29 is 0 Å². The van der Waals surface area contributed by atoms with E-state index >= 15 is 0 Å². The fraction of sp³-hybridized carbons (Fsp3) is 0. The summed E-state index contributed by atoms with van der Waals surface area (Å²) in [7, 11) is 0. The molecule has 0 N–H and O–H groups in total. The molecule has 0 nitrogen and oxygen atoms in total. The molecule has 82 valence electrons. The second kappa shape index (κ2) is 9.47. The minimum absolute atomic E-state index is 1.00. The lowest BCUT2D eigenvalue weighted by atomic mass is 10.2. The zero-order chi connectivity index (χ0) is 12.2. The van der Waals surface area contributed by atoms with Crippen LogP contribution in [0, 0.1) is 0 Å². The van der Waals surface area contributed by atoms with Crippen molar-refractivity contribution in [3.05, 3.63) is 92.1 Å². The van der Waals surface area contributed by atoms with Crippen LogP contribution in [0.25, 0.3) is 6.08 Å². The highest BCUT2D eigenvalue weighted by atomic mass is 13.8. The van der Waals surface area contributed by atoms with E-state index in [1.165, 1.54) is 5.56 Å². The Balaban J connectivity index is 0.000000281. The highest BCUT2D eigenvalue weighted by Gasteiger charge is 1.76. The molecule has 0 saturated carbocycles. The molecule has 0 amide bonds. The van der Waals surface area contributed by atoms with Gasteiger partial charge in [0, 0.05) is 0 Å². The first-order chi connectivity index (χ1) is 7.78. The van der Waals surface area contributed by atoms with Gasteiger partial charge < -0.3 is 0 Å². The van der Waals surface area contributed by atoms with E-state index < -0.39 is 0 Å². The fourth-order valence-electron chi connectivity index (χ4n) is 0.945. The van der Waals surface area contributed by atoms with Gasteiger partial charge in [-0.3, -0.25) is 0 Å². The molecule has 0 atom stereocenters. The standard InChI is InChI=1S/C8H8.C8H10/c1-2-8-6-4-3-5-7-8;1-4-7-8(5-2)6-3/h2-7H,1H2;4-7H,1-3H2. The van der Waals surface area contributed by atoms with Crippen LogP contribution < -0.4 is 0 Å². The molecule has 0 heterocycles. The maximum Gasteiger partial charge on any atom is -0.0263 e. The highest BCUT2D eigenvalue weighted by molar-refractivity contribution is 5.45. The summed E-state index contributed by atoms with van der Waals surface area (Å²) in [6.07, 6.45) is 8.85. The van der Waals surface area contributed by atoms with Gasteiger partial charge in [0.2, 0.25) is 0 Å². The third-order valence-corrected chi connectivity index (χ3v) is 1.82. The Bertz CT molecular complexity index is 356. The maximum atomic E-state index is 3.63. The molecular weight excluding hydrogens is 192 g/mol. The Morgan fingerprint density at radius 2 is 1.44 bits per heavy atom. The summed E-state index contributed by atoms with van der Waals surface area (Å²) in [6.45, 7) is 14.3.